The van der Waals surface area contributed by atoms with Crippen LogP contribution in [-0.4, -0.2) is 28.0 Å². The molecule has 1 aromatic rings. The highest BCUT2D eigenvalue weighted by atomic mass is 127. The van der Waals surface area contributed by atoms with E-state index in [2.05, 4.69) is 27.9 Å². The maximum Gasteiger partial charge on any atom is 0.322 e. The SMILES string of the molecule is O=C(O)CNC(=O)[C@H](CI)Cc1ccccc1. The number of carbonyl (C=O) groups excluding carboxylic acids is 1. The Morgan fingerprint density at radius 1 is 1.29 bits per heavy atom. The van der Waals surface area contributed by atoms with E-state index in [1.165, 1.54) is 0 Å². The van der Waals surface area contributed by atoms with Crippen LogP contribution in [0, 0.1) is 5.92 Å². The molecule has 0 aliphatic heterocycles. The van der Waals surface area contributed by atoms with E-state index >= 15 is 0 Å². The third kappa shape index (κ3) is 5.16. The zero-order valence-corrected chi connectivity index (χ0v) is 11.4. The van der Waals surface area contributed by atoms with Gasteiger partial charge in [0.2, 0.25) is 5.91 Å². The molecule has 92 valence electrons. The van der Waals surface area contributed by atoms with E-state index in [-0.39, 0.29) is 18.4 Å². The summed E-state index contributed by atoms with van der Waals surface area (Å²) in [7, 11) is 0. The molecular formula is C12H14INO3. The molecule has 0 radical (unpaired) electrons. The third-order valence-electron chi connectivity index (χ3n) is 2.30. The van der Waals surface area contributed by atoms with Crippen LogP contribution in [0.4, 0.5) is 0 Å². The van der Waals surface area contributed by atoms with Crippen LogP contribution in [-0.2, 0) is 16.0 Å². The van der Waals surface area contributed by atoms with Gasteiger partial charge in [-0.1, -0.05) is 52.9 Å². The summed E-state index contributed by atoms with van der Waals surface area (Å²) in [6, 6.07) is 9.70. The summed E-state index contributed by atoms with van der Waals surface area (Å²) in [5.74, 6) is -1.41. The molecule has 0 aliphatic carbocycles. The first-order valence-electron chi connectivity index (χ1n) is 5.23. The predicted octanol–water partition coefficient (Wildman–Crippen LogP) is 1.48. The summed E-state index contributed by atoms with van der Waals surface area (Å²) in [6.07, 6.45) is 0.634. The fraction of sp³-hybridized carbons (Fsp3) is 0.333. The topological polar surface area (TPSA) is 66.4 Å². The van der Waals surface area contributed by atoms with Crippen LogP contribution in [0.2, 0.25) is 0 Å². The number of carboxylic acid groups (broad SMARTS) is 1. The average molecular weight is 347 g/mol. The van der Waals surface area contributed by atoms with Crippen molar-refractivity contribution in [1.82, 2.24) is 5.32 Å². The molecule has 0 saturated heterocycles. The van der Waals surface area contributed by atoms with Gasteiger partial charge < -0.3 is 10.4 Å². The summed E-state index contributed by atoms with van der Waals surface area (Å²) in [5, 5.41) is 10.9. The minimum Gasteiger partial charge on any atom is -0.480 e. The lowest BCUT2D eigenvalue weighted by atomic mass is 10.0. The van der Waals surface area contributed by atoms with Crippen molar-refractivity contribution in [3.63, 3.8) is 0 Å². The van der Waals surface area contributed by atoms with Gasteiger partial charge in [0.05, 0.1) is 5.92 Å². The smallest absolute Gasteiger partial charge is 0.322 e. The van der Waals surface area contributed by atoms with Gasteiger partial charge in [-0.15, -0.1) is 0 Å². The molecule has 0 bridgehead atoms. The molecule has 1 aromatic carbocycles. The Morgan fingerprint density at radius 3 is 2.47 bits per heavy atom. The van der Waals surface area contributed by atoms with Crippen molar-refractivity contribution in [2.45, 2.75) is 6.42 Å². The summed E-state index contributed by atoms with van der Waals surface area (Å²) in [4.78, 5) is 22.1. The molecule has 2 N–H and O–H groups in total. The molecule has 1 amide bonds. The number of aliphatic carboxylic acids is 1. The second-order valence-electron chi connectivity index (χ2n) is 3.65. The number of hydrogen-bond acceptors (Lipinski definition) is 2. The lowest BCUT2D eigenvalue weighted by Crippen LogP contribution is -2.36. The zero-order chi connectivity index (χ0) is 12.7. The number of rotatable bonds is 6. The van der Waals surface area contributed by atoms with Crippen LogP contribution in [0.5, 0.6) is 0 Å². The highest BCUT2D eigenvalue weighted by Gasteiger charge is 2.17. The number of nitrogens with one attached hydrogen (secondary N) is 1. The van der Waals surface area contributed by atoms with Gasteiger partial charge in [0.1, 0.15) is 6.54 Å². The van der Waals surface area contributed by atoms with Gasteiger partial charge in [-0.3, -0.25) is 9.59 Å². The molecular weight excluding hydrogens is 333 g/mol. The molecule has 0 heterocycles. The first-order chi connectivity index (χ1) is 8.13. The van der Waals surface area contributed by atoms with Crippen molar-refractivity contribution in [1.29, 1.82) is 0 Å². The van der Waals surface area contributed by atoms with Crippen LogP contribution in [0.15, 0.2) is 30.3 Å². The number of carboxylic acids is 1. The normalized spacial score (nSPS) is 11.8. The maximum atomic E-state index is 11.7. The number of hydrogen-bond donors (Lipinski definition) is 2. The Bertz CT molecular complexity index is 381. The second-order valence-corrected chi connectivity index (χ2v) is 4.53. The van der Waals surface area contributed by atoms with E-state index in [1.807, 2.05) is 30.3 Å². The van der Waals surface area contributed by atoms with Gasteiger partial charge >= 0.3 is 5.97 Å². The summed E-state index contributed by atoms with van der Waals surface area (Å²) < 4.78 is 0.665. The van der Waals surface area contributed by atoms with E-state index in [0.717, 1.165) is 5.56 Å². The third-order valence-corrected chi connectivity index (χ3v) is 3.36. The lowest BCUT2D eigenvalue weighted by Gasteiger charge is -2.13. The quantitative estimate of drug-likeness (QED) is 0.605. The Labute approximate surface area is 114 Å². The van der Waals surface area contributed by atoms with Crippen molar-refractivity contribution in [3.8, 4) is 0 Å². The van der Waals surface area contributed by atoms with Crippen molar-refractivity contribution < 1.29 is 14.7 Å². The Balaban J connectivity index is 2.53. The molecule has 17 heavy (non-hydrogen) atoms. The molecule has 0 fully saturated rings. The van der Waals surface area contributed by atoms with Gasteiger partial charge in [-0.05, 0) is 12.0 Å². The minimum absolute atomic E-state index is 0.183. The van der Waals surface area contributed by atoms with Gasteiger partial charge in [-0.2, -0.15) is 0 Å². The Kier molecular flexibility index (Phi) is 5.96. The lowest BCUT2D eigenvalue weighted by molar-refractivity contribution is -0.138. The van der Waals surface area contributed by atoms with Crippen molar-refractivity contribution in [2.75, 3.05) is 11.0 Å². The molecule has 5 heteroatoms. The standard InChI is InChI=1S/C12H14INO3/c13-7-10(12(17)14-8-11(15)16)6-9-4-2-1-3-5-9/h1-5,10H,6-8H2,(H,14,17)(H,15,16)/t10-/m0/s1. The maximum absolute atomic E-state index is 11.7. The van der Waals surface area contributed by atoms with E-state index in [4.69, 9.17) is 5.11 Å². The van der Waals surface area contributed by atoms with Crippen molar-refractivity contribution in [3.05, 3.63) is 35.9 Å². The number of benzene rings is 1. The number of amides is 1. The Morgan fingerprint density at radius 2 is 1.94 bits per heavy atom. The number of alkyl halides is 1. The second kappa shape index (κ2) is 7.26. The summed E-state index contributed by atoms with van der Waals surface area (Å²) >= 11 is 2.14. The molecule has 1 atom stereocenters. The monoisotopic (exact) mass is 347 g/mol. The molecule has 0 saturated carbocycles. The highest BCUT2D eigenvalue weighted by molar-refractivity contribution is 14.1. The molecule has 1 rings (SSSR count). The molecule has 0 spiro atoms. The molecule has 4 nitrogen and oxygen atoms in total. The first-order valence-corrected chi connectivity index (χ1v) is 6.75. The molecule has 0 aliphatic rings. The van der Waals surface area contributed by atoms with E-state index in [1.54, 1.807) is 0 Å². The van der Waals surface area contributed by atoms with Crippen LogP contribution in [0.1, 0.15) is 5.56 Å². The van der Waals surface area contributed by atoms with Gasteiger partial charge in [0, 0.05) is 4.43 Å². The fourth-order valence-electron chi connectivity index (χ4n) is 1.42. The minimum atomic E-state index is -1.02. The Hall–Kier alpha value is -1.11. The van der Waals surface area contributed by atoms with Gasteiger partial charge in [0.25, 0.3) is 0 Å². The fourth-order valence-corrected chi connectivity index (χ4v) is 2.13. The first kappa shape index (κ1) is 14.0. The van der Waals surface area contributed by atoms with E-state index < -0.39 is 5.97 Å². The molecule has 0 aromatic heterocycles. The average Bonchev–Trinajstić information content (AvgIpc) is 2.34. The summed E-state index contributed by atoms with van der Waals surface area (Å²) in [5.41, 5.74) is 1.08. The molecule has 0 unspecified atom stereocenters. The highest BCUT2D eigenvalue weighted by Crippen LogP contribution is 2.11. The predicted molar refractivity (Wildman–Crippen MR) is 73.2 cm³/mol. The van der Waals surface area contributed by atoms with Crippen molar-refractivity contribution in [2.24, 2.45) is 5.92 Å². The van der Waals surface area contributed by atoms with E-state index in [0.29, 0.717) is 10.8 Å². The van der Waals surface area contributed by atoms with Crippen LogP contribution in [0.25, 0.3) is 0 Å². The number of halogens is 1. The summed E-state index contributed by atoms with van der Waals surface area (Å²) in [6.45, 7) is -0.319. The zero-order valence-electron chi connectivity index (χ0n) is 9.23. The van der Waals surface area contributed by atoms with E-state index in [9.17, 15) is 9.59 Å². The van der Waals surface area contributed by atoms with Crippen molar-refractivity contribution >= 4 is 34.5 Å². The van der Waals surface area contributed by atoms with Gasteiger partial charge in [0.15, 0.2) is 0 Å². The van der Waals surface area contributed by atoms with Crippen LogP contribution >= 0.6 is 22.6 Å². The van der Waals surface area contributed by atoms with Gasteiger partial charge in [-0.25, -0.2) is 0 Å². The van der Waals surface area contributed by atoms with Crippen LogP contribution < -0.4 is 5.32 Å². The largest absolute Gasteiger partial charge is 0.480 e. The number of carbonyl (C=O) groups is 2. The van der Waals surface area contributed by atoms with Crippen LogP contribution in [0.3, 0.4) is 0 Å².